The van der Waals surface area contributed by atoms with Crippen LogP contribution < -0.4 is 0 Å². The van der Waals surface area contributed by atoms with Crippen molar-refractivity contribution < 1.29 is 28.5 Å². The van der Waals surface area contributed by atoms with Crippen LogP contribution in [0.4, 0.5) is 9.05 Å². The Labute approximate surface area is 86.3 Å². The third kappa shape index (κ3) is 3.45. The first-order valence-corrected chi connectivity index (χ1v) is 4.70. The van der Waals surface area contributed by atoms with Gasteiger partial charge in [0.05, 0.1) is 11.8 Å². The molecule has 0 aliphatic heterocycles. The van der Waals surface area contributed by atoms with Gasteiger partial charge in [0.15, 0.2) is 0 Å². The van der Waals surface area contributed by atoms with E-state index in [1.807, 2.05) is 0 Å². The molecule has 0 heterocycles. The molecule has 0 aromatic heterocycles. The van der Waals surface area contributed by atoms with Crippen molar-refractivity contribution in [3.8, 4) is 0 Å². The van der Waals surface area contributed by atoms with Crippen LogP contribution in [-0.2, 0) is 19.5 Å². The largest absolute Gasteiger partial charge is 0.354 e. The molecule has 15 heavy (non-hydrogen) atoms. The van der Waals surface area contributed by atoms with Crippen LogP contribution in [0.25, 0.3) is 0 Å². The second kappa shape index (κ2) is 6.31. The highest BCUT2D eigenvalue weighted by Gasteiger charge is 2.38. The number of hydrogen-bond acceptors (Lipinski definition) is 4. The summed E-state index contributed by atoms with van der Waals surface area (Å²) in [5.74, 6) is -2.10. The van der Waals surface area contributed by atoms with E-state index in [2.05, 4.69) is 9.88 Å². The first kappa shape index (κ1) is 13.8. The summed E-state index contributed by atoms with van der Waals surface area (Å²) in [5, 5.41) is 0. The van der Waals surface area contributed by atoms with Crippen LogP contribution in [0.15, 0.2) is 0 Å². The number of carbonyl (C=O) groups is 2. The van der Waals surface area contributed by atoms with E-state index in [0.717, 1.165) is 0 Å². The van der Waals surface area contributed by atoms with E-state index in [-0.39, 0.29) is 12.8 Å². The zero-order valence-corrected chi connectivity index (χ0v) is 8.72. The molecule has 0 aromatic rings. The number of hydrogen-bond donors (Lipinski definition) is 0. The van der Waals surface area contributed by atoms with Crippen molar-refractivity contribution in [3.63, 3.8) is 0 Å². The van der Waals surface area contributed by atoms with Crippen molar-refractivity contribution in [2.75, 3.05) is 0 Å². The van der Waals surface area contributed by atoms with Gasteiger partial charge in [-0.25, -0.2) is 9.59 Å². The Morgan fingerprint density at radius 1 is 1.13 bits per heavy atom. The minimum Gasteiger partial charge on any atom is -0.255 e. The van der Waals surface area contributed by atoms with E-state index in [4.69, 9.17) is 0 Å². The summed E-state index contributed by atoms with van der Waals surface area (Å²) in [6, 6.07) is 0. The summed E-state index contributed by atoms with van der Waals surface area (Å²) >= 11 is 0. The Morgan fingerprint density at radius 3 is 2.00 bits per heavy atom. The van der Waals surface area contributed by atoms with E-state index >= 15 is 0 Å². The lowest BCUT2D eigenvalue weighted by Gasteiger charge is -2.25. The standard InChI is InChI=1S/C9H14F2O4/c1-3-9(4-2,8(13)15-11)6-5-7(12)14-10/h3-6H2,1-2H3. The molecule has 0 saturated heterocycles. The van der Waals surface area contributed by atoms with Crippen molar-refractivity contribution in [1.82, 2.24) is 0 Å². The van der Waals surface area contributed by atoms with Crippen LogP contribution >= 0.6 is 0 Å². The van der Waals surface area contributed by atoms with Crippen LogP contribution in [0.5, 0.6) is 0 Å². The van der Waals surface area contributed by atoms with E-state index in [1.165, 1.54) is 0 Å². The van der Waals surface area contributed by atoms with Crippen LogP contribution in [0.2, 0.25) is 0 Å². The van der Waals surface area contributed by atoms with Gasteiger partial charge in [-0.3, -0.25) is 9.88 Å². The Morgan fingerprint density at radius 2 is 1.67 bits per heavy atom. The van der Waals surface area contributed by atoms with Crippen molar-refractivity contribution in [2.45, 2.75) is 39.5 Å². The molecule has 0 aliphatic carbocycles. The zero-order chi connectivity index (χ0) is 11.9. The van der Waals surface area contributed by atoms with Gasteiger partial charge in [0.1, 0.15) is 0 Å². The molecule has 0 N–H and O–H groups in total. The minimum absolute atomic E-state index is 0.00546. The van der Waals surface area contributed by atoms with Gasteiger partial charge >= 0.3 is 11.9 Å². The molecule has 0 rings (SSSR count). The Kier molecular flexibility index (Phi) is 5.81. The summed E-state index contributed by atoms with van der Waals surface area (Å²) in [6.07, 6.45) is 0.344. The molecule has 0 fully saturated rings. The van der Waals surface area contributed by atoms with E-state index in [9.17, 15) is 18.6 Å². The fourth-order valence-corrected chi connectivity index (χ4v) is 1.46. The molecule has 0 aromatic carbocycles. The molecular formula is C9H14F2O4. The predicted octanol–water partition coefficient (Wildman–Crippen LogP) is 2.43. The molecule has 0 spiro atoms. The molecule has 88 valence electrons. The molecule has 0 amide bonds. The molecule has 0 bridgehead atoms. The number of carbonyl (C=O) groups excluding carboxylic acids is 2. The summed E-state index contributed by atoms with van der Waals surface area (Å²) in [5.41, 5.74) is -1.08. The topological polar surface area (TPSA) is 52.6 Å². The maximum absolute atomic E-state index is 11.8. The van der Waals surface area contributed by atoms with Gasteiger partial charge in [-0.1, -0.05) is 13.8 Å². The molecule has 0 atom stereocenters. The fraction of sp³-hybridized carbons (Fsp3) is 0.778. The summed E-state index contributed by atoms with van der Waals surface area (Å²) < 4.78 is 23.2. The average Bonchev–Trinajstić information content (AvgIpc) is 2.29. The molecule has 0 saturated carbocycles. The SMILES string of the molecule is CCC(CC)(CCC(=O)OF)C(=O)OF. The Bertz CT molecular complexity index is 226. The van der Waals surface area contributed by atoms with Gasteiger partial charge < -0.3 is 0 Å². The molecule has 0 unspecified atom stereocenters. The van der Waals surface area contributed by atoms with Crippen LogP contribution in [0.3, 0.4) is 0 Å². The second-order valence-electron chi connectivity index (χ2n) is 3.30. The molecule has 6 heteroatoms. The molecule has 0 radical (unpaired) electrons. The third-order valence-electron chi connectivity index (χ3n) is 2.75. The highest BCUT2D eigenvalue weighted by Crippen LogP contribution is 2.33. The van der Waals surface area contributed by atoms with Crippen LogP contribution in [0.1, 0.15) is 39.5 Å². The van der Waals surface area contributed by atoms with Crippen LogP contribution in [-0.4, -0.2) is 11.9 Å². The number of halogens is 2. The maximum atomic E-state index is 11.8. The first-order chi connectivity index (χ1) is 7.06. The second-order valence-corrected chi connectivity index (χ2v) is 3.30. The highest BCUT2D eigenvalue weighted by atomic mass is 19.3. The maximum Gasteiger partial charge on any atom is 0.354 e. The summed E-state index contributed by atoms with van der Waals surface area (Å²) in [4.78, 5) is 27.9. The quantitative estimate of drug-likeness (QED) is 0.695. The van der Waals surface area contributed by atoms with Crippen molar-refractivity contribution in [1.29, 1.82) is 0 Å². The zero-order valence-electron chi connectivity index (χ0n) is 8.72. The molecular weight excluding hydrogens is 210 g/mol. The van der Waals surface area contributed by atoms with Gasteiger partial charge in [0.25, 0.3) is 0 Å². The number of rotatable bonds is 6. The third-order valence-corrected chi connectivity index (χ3v) is 2.75. The monoisotopic (exact) mass is 224 g/mol. The van der Waals surface area contributed by atoms with Gasteiger partial charge in [0, 0.05) is 9.05 Å². The summed E-state index contributed by atoms with van der Waals surface area (Å²) in [7, 11) is 0. The van der Waals surface area contributed by atoms with Crippen molar-refractivity contribution in [2.24, 2.45) is 5.41 Å². The minimum atomic E-state index is -1.08. The lowest BCUT2D eigenvalue weighted by atomic mass is 9.78. The van der Waals surface area contributed by atoms with E-state index < -0.39 is 17.4 Å². The smallest absolute Gasteiger partial charge is 0.255 e. The predicted molar refractivity (Wildman–Crippen MR) is 46.6 cm³/mol. The first-order valence-electron chi connectivity index (χ1n) is 4.70. The van der Waals surface area contributed by atoms with Crippen LogP contribution in [0, 0.1) is 5.41 Å². The van der Waals surface area contributed by atoms with Crippen molar-refractivity contribution in [3.05, 3.63) is 0 Å². The lowest BCUT2D eigenvalue weighted by molar-refractivity contribution is -0.199. The fourth-order valence-electron chi connectivity index (χ4n) is 1.46. The molecule has 0 aliphatic rings. The van der Waals surface area contributed by atoms with Gasteiger partial charge in [0.2, 0.25) is 0 Å². The Hall–Kier alpha value is -1.20. The molecule has 4 nitrogen and oxygen atoms in total. The van der Waals surface area contributed by atoms with Crippen molar-refractivity contribution >= 4 is 11.9 Å². The van der Waals surface area contributed by atoms with Gasteiger partial charge in [-0.05, 0) is 19.3 Å². The van der Waals surface area contributed by atoms with E-state index in [1.54, 1.807) is 13.8 Å². The van der Waals surface area contributed by atoms with Gasteiger partial charge in [-0.15, -0.1) is 0 Å². The van der Waals surface area contributed by atoms with E-state index in [0.29, 0.717) is 12.8 Å². The lowest BCUT2D eigenvalue weighted by Crippen LogP contribution is -2.31. The summed E-state index contributed by atoms with van der Waals surface area (Å²) in [6.45, 7) is 3.34. The Balaban J connectivity index is 4.50. The normalized spacial score (nSPS) is 10.9. The average molecular weight is 224 g/mol. The highest BCUT2D eigenvalue weighted by molar-refractivity contribution is 5.77. The van der Waals surface area contributed by atoms with Gasteiger partial charge in [-0.2, -0.15) is 0 Å².